The molecule has 4 nitrogen and oxygen atoms in total. The van der Waals surface area contributed by atoms with Crippen molar-refractivity contribution in [3.63, 3.8) is 0 Å². The lowest BCUT2D eigenvalue weighted by atomic mass is 10.2. The number of hydrogen-bond acceptors (Lipinski definition) is 4. The molecule has 0 aliphatic rings. The highest BCUT2D eigenvalue weighted by atomic mass is 19.1. The van der Waals surface area contributed by atoms with E-state index in [4.69, 9.17) is 5.73 Å². The molecule has 82 valence electrons. The van der Waals surface area contributed by atoms with Crippen molar-refractivity contribution in [1.29, 1.82) is 0 Å². The Labute approximate surface area is 92.4 Å². The van der Waals surface area contributed by atoms with Crippen LogP contribution in [0.25, 0.3) is 11.5 Å². The Morgan fingerprint density at radius 1 is 1.19 bits per heavy atom. The summed E-state index contributed by atoms with van der Waals surface area (Å²) in [5.74, 6) is 0.454. The Bertz CT molecular complexity index is 499. The van der Waals surface area contributed by atoms with Gasteiger partial charge in [0.05, 0.1) is 6.20 Å². The average molecular weight is 218 g/mol. The fraction of sp³-hybridized carbons (Fsp3) is 0.182. The van der Waals surface area contributed by atoms with Gasteiger partial charge in [0.2, 0.25) is 0 Å². The zero-order valence-electron chi connectivity index (χ0n) is 9.03. The molecule has 0 aromatic carbocycles. The van der Waals surface area contributed by atoms with Gasteiger partial charge in [0.25, 0.3) is 0 Å². The monoisotopic (exact) mass is 218 g/mol. The van der Waals surface area contributed by atoms with E-state index < -0.39 is 0 Å². The maximum atomic E-state index is 12.7. The number of nitrogens with zero attached hydrogens (tertiary/aromatic N) is 3. The third kappa shape index (κ3) is 1.84. The van der Waals surface area contributed by atoms with E-state index >= 15 is 0 Å². The predicted octanol–water partition coefficient (Wildman–Crippen LogP) is 1.88. The molecule has 0 aliphatic heterocycles. The summed E-state index contributed by atoms with van der Waals surface area (Å²) < 4.78 is 12.7. The molecule has 2 aromatic rings. The summed E-state index contributed by atoms with van der Waals surface area (Å²) in [6.07, 6.45) is 1.13. The van der Waals surface area contributed by atoms with Crippen LogP contribution in [-0.2, 0) is 0 Å². The molecule has 0 atom stereocenters. The van der Waals surface area contributed by atoms with E-state index in [1.165, 1.54) is 12.1 Å². The molecule has 2 N–H and O–H groups in total. The lowest BCUT2D eigenvalue weighted by Gasteiger charge is -2.05. The first-order valence-electron chi connectivity index (χ1n) is 4.80. The van der Waals surface area contributed by atoms with Gasteiger partial charge in [-0.15, -0.1) is 0 Å². The third-order valence-electron chi connectivity index (χ3n) is 2.38. The van der Waals surface area contributed by atoms with E-state index in [0.29, 0.717) is 17.3 Å². The van der Waals surface area contributed by atoms with Crippen LogP contribution in [0.3, 0.4) is 0 Å². The summed E-state index contributed by atoms with van der Waals surface area (Å²) in [6.45, 7) is 3.70. The van der Waals surface area contributed by atoms with Gasteiger partial charge in [-0.2, -0.15) is 0 Å². The van der Waals surface area contributed by atoms with Gasteiger partial charge >= 0.3 is 0 Å². The van der Waals surface area contributed by atoms with Gasteiger partial charge in [0.1, 0.15) is 17.3 Å². The van der Waals surface area contributed by atoms with Gasteiger partial charge in [0.15, 0.2) is 5.82 Å². The zero-order valence-corrected chi connectivity index (χ0v) is 9.03. The van der Waals surface area contributed by atoms with Crippen LogP contribution >= 0.6 is 0 Å². The van der Waals surface area contributed by atoms with Crippen LogP contribution in [-0.4, -0.2) is 15.0 Å². The Morgan fingerprint density at radius 2 is 1.94 bits per heavy atom. The summed E-state index contributed by atoms with van der Waals surface area (Å²) in [5, 5.41) is 0. The SMILES string of the molecule is Cc1nc(-c2ccc(F)cn2)nc(N)c1C. The number of aromatic nitrogens is 3. The van der Waals surface area contributed by atoms with E-state index in [0.717, 1.165) is 17.5 Å². The second-order valence-electron chi connectivity index (χ2n) is 3.50. The normalized spacial score (nSPS) is 10.4. The van der Waals surface area contributed by atoms with Crippen molar-refractivity contribution < 1.29 is 4.39 Å². The molecule has 2 rings (SSSR count). The van der Waals surface area contributed by atoms with Crippen molar-refractivity contribution in [3.8, 4) is 11.5 Å². The van der Waals surface area contributed by atoms with Crippen LogP contribution in [0.1, 0.15) is 11.3 Å². The second kappa shape index (κ2) is 3.84. The molecular formula is C11H11FN4. The van der Waals surface area contributed by atoms with Crippen LogP contribution in [0.2, 0.25) is 0 Å². The van der Waals surface area contributed by atoms with Gasteiger partial charge in [-0.25, -0.2) is 19.3 Å². The summed E-state index contributed by atoms with van der Waals surface area (Å²) in [7, 11) is 0. The first-order chi connectivity index (χ1) is 7.58. The van der Waals surface area contributed by atoms with E-state index in [9.17, 15) is 4.39 Å². The van der Waals surface area contributed by atoms with Crippen LogP contribution in [0, 0.1) is 19.7 Å². The van der Waals surface area contributed by atoms with E-state index in [1.54, 1.807) is 0 Å². The zero-order chi connectivity index (χ0) is 11.7. The second-order valence-corrected chi connectivity index (χ2v) is 3.50. The van der Waals surface area contributed by atoms with Crippen molar-refractivity contribution in [3.05, 3.63) is 35.4 Å². The molecule has 16 heavy (non-hydrogen) atoms. The van der Waals surface area contributed by atoms with E-state index in [-0.39, 0.29) is 5.82 Å². The standard InChI is InChI=1S/C11H11FN4/c1-6-7(2)15-11(16-10(6)13)9-4-3-8(12)5-14-9/h3-5H,1-2H3,(H2,13,15,16). The van der Waals surface area contributed by atoms with Crippen molar-refractivity contribution in [1.82, 2.24) is 15.0 Å². The third-order valence-corrected chi connectivity index (χ3v) is 2.38. The van der Waals surface area contributed by atoms with Crippen LogP contribution in [0.4, 0.5) is 10.2 Å². The molecule has 0 amide bonds. The number of nitrogen functional groups attached to an aromatic ring is 1. The first-order valence-corrected chi connectivity index (χ1v) is 4.80. The number of rotatable bonds is 1. The number of hydrogen-bond donors (Lipinski definition) is 1. The fourth-order valence-corrected chi connectivity index (χ4v) is 1.27. The summed E-state index contributed by atoms with van der Waals surface area (Å²) >= 11 is 0. The van der Waals surface area contributed by atoms with Crippen LogP contribution in [0.5, 0.6) is 0 Å². The predicted molar refractivity (Wildman–Crippen MR) is 59.1 cm³/mol. The Kier molecular flexibility index (Phi) is 2.52. The number of halogens is 1. The highest BCUT2D eigenvalue weighted by molar-refractivity contribution is 5.54. The van der Waals surface area contributed by atoms with E-state index in [2.05, 4.69) is 15.0 Å². The molecule has 0 fully saturated rings. The molecule has 0 aliphatic carbocycles. The molecule has 0 saturated heterocycles. The highest BCUT2D eigenvalue weighted by Crippen LogP contribution is 2.17. The minimum atomic E-state index is -0.388. The number of pyridine rings is 1. The maximum absolute atomic E-state index is 12.7. The Morgan fingerprint density at radius 3 is 2.50 bits per heavy atom. The number of anilines is 1. The van der Waals surface area contributed by atoms with Crippen molar-refractivity contribution >= 4 is 5.82 Å². The number of aryl methyl sites for hydroxylation is 1. The molecule has 0 spiro atoms. The summed E-state index contributed by atoms with van der Waals surface area (Å²) in [6, 6.07) is 2.84. The molecule has 0 radical (unpaired) electrons. The van der Waals surface area contributed by atoms with Gasteiger partial charge in [-0.1, -0.05) is 0 Å². The smallest absolute Gasteiger partial charge is 0.180 e. The molecule has 5 heteroatoms. The summed E-state index contributed by atoms with van der Waals surface area (Å²) in [5.41, 5.74) is 7.90. The Hall–Kier alpha value is -2.04. The topological polar surface area (TPSA) is 64.7 Å². The quantitative estimate of drug-likeness (QED) is 0.793. The first kappa shape index (κ1) is 10.5. The van der Waals surface area contributed by atoms with Crippen LogP contribution in [0.15, 0.2) is 18.3 Å². The van der Waals surface area contributed by atoms with Gasteiger partial charge in [0, 0.05) is 11.3 Å². The lowest BCUT2D eigenvalue weighted by molar-refractivity contribution is 0.621. The van der Waals surface area contributed by atoms with Crippen LogP contribution < -0.4 is 5.73 Å². The maximum Gasteiger partial charge on any atom is 0.180 e. The minimum Gasteiger partial charge on any atom is -0.383 e. The molecular weight excluding hydrogens is 207 g/mol. The fourth-order valence-electron chi connectivity index (χ4n) is 1.27. The number of nitrogens with two attached hydrogens (primary N) is 1. The van der Waals surface area contributed by atoms with Gasteiger partial charge in [-0.3, -0.25) is 0 Å². The molecule has 2 aromatic heterocycles. The highest BCUT2D eigenvalue weighted by Gasteiger charge is 2.08. The summed E-state index contributed by atoms with van der Waals surface area (Å²) in [4.78, 5) is 12.3. The largest absolute Gasteiger partial charge is 0.383 e. The van der Waals surface area contributed by atoms with Gasteiger partial charge < -0.3 is 5.73 Å². The molecule has 0 saturated carbocycles. The molecule has 0 bridgehead atoms. The molecule has 2 heterocycles. The lowest BCUT2D eigenvalue weighted by Crippen LogP contribution is -2.02. The average Bonchev–Trinajstić information content (AvgIpc) is 2.26. The van der Waals surface area contributed by atoms with Gasteiger partial charge in [-0.05, 0) is 26.0 Å². The van der Waals surface area contributed by atoms with Crippen molar-refractivity contribution in [2.75, 3.05) is 5.73 Å². The Balaban J connectivity index is 2.52. The molecule has 0 unspecified atom stereocenters. The van der Waals surface area contributed by atoms with E-state index in [1.807, 2.05) is 13.8 Å². The minimum absolute atomic E-state index is 0.388. The van der Waals surface area contributed by atoms with Crippen molar-refractivity contribution in [2.24, 2.45) is 0 Å². The van der Waals surface area contributed by atoms with Crippen molar-refractivity contribution in [2.45, 2.75) is 13.8 Å².